The fourth-order valence-electron chi connectivity index (χ4n) is 1.56. The van der Waals surface area contributed by atoms with E-state index in [0.717, 1.165) is 11.5 Å². The first kappa shape index (κ1) is 10.1. The lowest BCUT2D eigenvalue weighted by Gasteiger charge is -2.12. The lowest BCUT2D eigenvalue weighted by molar-refractivity contribution is 0.165. The van der Waals surface area contributed by atoms with Crippen LogP contribution in [0.15, 0.2) is 36.4 Å². The first-order valence-electron chi connectivity index (χ1n) is 4.95. The zero-order valence-corrected chi connectivity index (χ0v) is 8.59. The second-order valence-electron chi connectivity index (χ2n) is 3.52. The van der Waals surface area contributed by atoms with E-state index >= 15 is 0 Å². The van der Waals surface area contributed by atoms with Crippen LogP contribution in [0.25, 0.3) is 0 Å². The number of methoxy groups -OCH3 is 1. The number of hydrogen-bond acceptors (Lipinski definition) is 3. The third kappa shape index (κ3) is 2.50. The predicted molar refractivity (Wildman–Crippen MR) is 57.2 cm³/mol. The molecule has 1 aliphatic carbocycles. The van der Waals surface area contributed by atoms with Crippen molar-refractivity contribution in [3.63, 3.8) is 0 Å². The lowest BCUT2D eigenvalue weighted by Crippen LogP contribution is -2.13. The van der Waals surface area contributed by atoms with Gasteiger partial charge >= 0.3 is 0 Å². The predicted octanol–water partition coefficient (Wildman–Crippen LogP) is 1.76. The van der Waals surface area contributed by atoms with Gasteiger partial charge in [-0.15, -0.1) is 0 Å². The minimum atomic E-state index is -0.367. The van der Waals surface area contributed by atoms with Crippen molar-refractivity contribution in [1.82, 2.24) is 0 Å². The molecule has 3 heteroatoms. The van der Waals surface area contributed by atoms with E-state index in [1.165, 1.54) is 0 Å². The van der Waals surface area contributed by atoms with E-state index < -0.39 is 0 Å². The maximum atomic E-state index is 9.27. The molecule has 0 amide bonds. The molecule has 0 saturated carbocycles. The van der Waals surface area contributed by atoms with Crippen LogP contribution < -0.4 is 9.47 Å². The molecule has 1 aromatic carbocycles. The van der Waals surface area contributed by atoms with Crippen LogP contribution in [-0.2, 0) is 0 Å². The Morgan fingerprint density at radius 3 is 2.33 bits per heavy atom. The summed E-state index contributed by atoms with van der Waals surface area (Å²) in [7, 11) is 1.63. The molecular formula is C12H14O3. The Balaban J connectivity index is 1.96. The van der Waals surface area contributed by atoms with Crippen LogP contribution in [0, 0.1) is 0 Å². The number of benzene rings is 1. The summed E-state index contributed by atoms with van der Waals surface area (Å²) in [6.07, 6.45) is 3.89. The van der Waals surface area contributed by atoms with Crippen LogP contribution in [0.4, 0.5) is 0 Å². The van der Waals surface area contributed by atoms with Gasteiger partial charge in [-0.1, -0.05) is 6.08 Å². The number of rotatable bonds is 3. The Labute approximate surface area is 88.9 Å². The topological polar surface area (TPSA) is 38.7 Å². The number of hydrogen-bond donors (Lipinski definition) is 1. The summed E-state index contributed by atoms with van der Waals surface area (Å²) in [6.45, 7) is 0. The molecule has 0 fully saturated rings. The van der Waals surface area contributed by atoms with Gasteiger partial charge in [0.15, 0.2) is 0 Å². The third-order valence-corrected chi connectivity index (χ3v) is 2.37. The maximum Gasteiger partial charge on any atom is 0.120 e. The first-order chi connectivity index (χ1) is 7.28. The highest BCUT2D eigenvalue weighted by atomic mass is 16.5. The van der Waals surface area contributed by atoms with Gasteiger partial charge in [0.25, 0.3) is 0 Å². The van der Waals surface area contributed by atoms with Gasteiger partial charge in [-0.05, 0) is 30.3 Å². The van der Waals surface area contributed by atoms with Crippen molar-refractivity contribution in [1.29, 1.82) is 0 Å². The monoisotopic (exact) mass is 206 g/mol. The number of ether oxygens (including phenoxy) is 2. The number of aliphatic hydroxyl groups is 1. The van der Waals surface area contributed by atoms with Crippen LogP contribution >= 0.6 is 0 Å². The van der Waals surface area contributed by atoms with Crippen LogP contribution in [0.1, 0.15) is 6.42 Å². The summed E-state index contributed by atoms with van der Waals surface area (Å²) in [4.78, 5) is 0. The molecule has 0 heterocycles. The maximum absolute atomic E-state index is 9.27. The van der Waals surface area contributed by atoms with Crippen LogP contribution in [0.3, 0.4) is 0 Å². The van der Waals surface area contributed by atoms with E-state index in [9.17, 15) is 5.11 Å². The molecule has 80 valence electrons. The second-order valence-corrected chi connectivity index (χ2v) is 3.52. The summed E-state index contributed by atoms with van der Waals surface area (Å²) in [5.41, 5.74) is 0. The van der Waals surface area contributed by atoms with Gasteiger partial charge < -0.3 is 14.6 Å². The lowest BCUT2D eigenvalue weighted by atomic mass is 10.2. The highest BCUT2D eigenvalue weighted by Crippen LogP contribution is 2.21. The summed E-state index contributed by atoms with van der Waals surface area (Å²) in [5.74, 6) is 1.60. The molecule has 2 rings (SSSR count). The van der Waals surface area contributed by atoms with Gasteiger partial charge in [0.2, 0.25) is 0 Å². The van der Waals surface area contributed by atoms with Crippen molar-refractivity contribution < 1.29 is 14.6 Å². The average molecular weight is 206 g/mol. The van der Waals surface area contributed by atoms with Crippen molar-refractivity contribution in [3.8, 4) is 11.5 Å². The Morgan fingerprint density at radius 2 is 1.80 bits per heavy atom. The minimum absolute atomic E-state index is 0.0200. The standard InChI is InChI=1S/C12H14O3/c1-14-10-4-6-11(7-5-10)15-12-3-2-9(13)8-12/h2-7,9,12-13H,8H2,1H3/t9-,12+/m0/s1. The normalized spacial score (nSPS) is 24.1. The average Bonchev–Trinajstić information content (AvgIpc) is 2.65. The molecule has 0 aromatic heterocycles. The van der Waals surface area contributed by atoms with Gasteiger partial charge in [0.1, 0.15) is 17.6 Å². The zero-order chi connectivity index (χ0) is 10.7. The minimum Gasteiger partial charge on any atom is -0.497 e. The van der Waals surface area contributed by atoms with Gasteiger partial charge in [0.05, 0.1) is 13.2 Å². The van der Waals surface area contributed by atoms with Gasteiger partial charge in [0, 0.05) is 6.42 Å². The van der Waals surface area contributed by atoms with Gasteiger partial charge in [-0.2, -0.15) is 0 Å². The molecule has 1 N–H and O–H groups in total. The van der Waals surface area contributed by atoms with Gasteiger partial charge in [-0.25, -0.2) is 0 Å². The molecular weight excluding hydrogens is 192 g/mol. The van der Waals surface area contributed by atoms with E-state index in [1.807, 2.05) is 30.3 Å². The molecule has 0 unspecified atom stereocenters. The summed E-state index contributed by atoms with van der Waals surface area (Å²) < 4.78 is 10.7. The molecule has 0 radical (unpaired) electrons. The van der Waals surface area contributed by atoms with E-state index in [-0.39, 0.29) is 12.2 Å². The molecule has 1 aromatic rings. The van der Waals surface area contributed by atoms with E-state index in [1.54, 1.807) is 13.2 Å². The van der Waals surface area contributed by atoms with E-state index in [2.05, 4.69) is 0 Å². The molecule has 2 atom stereocenters. The van der Waals surface area contributed by atoms with Crippen molar-refractivity contribution in [2.75, 3.05) is 7.11 Å². The zero-order valence-electron chi connectivity index (χ0n) is 8.59. The van der Waals surface area contributed by atoms with Crippen molar-refractivity contribution in [3.05, 3.63) is 36.4 Å². The summed E-state index contributed by atoms with van der Waals surface area (Å²) in [5, 5.41) is 9.27. The fourth-order valence-corrected chi connectivity index (χ4v) is 1.56. The molecule has 0 aliphatic heterocycles. The molecule has 0 saturated heterocycles. The quantitative estimate of drug-likeness (QED) is 0.766. The fraction of sp³-hybridized carbons (Fsp3) is 0.333. The highest BCUT2D eigenvalue weighted by Gasteiger charge is 2.17. The van der Waals surface area contributed by atoms with Crippen LogP contribution in [-0.4, -0.2) is 24.4 Å². The van der Waals surface area contributed by atoms with Crippen molar-refractivity contribution in [2.45, 2.75) is 18.6 Å². The second kappa shape index (κ2) is 4.36. The molecule has 1 aliphatic rings. The largest absolute Gasteiger partial charge is 0.497 e. The SMILES string of the molecule is COc1ccc(O[C@@H]2C=C[C@H](O)C2)cc1. The van der Waals surface area contributed by atoms with Crippen molar-refractivity contribution >= 4 is 0 Å². The van der Waals surface area contributed by atoms with Crippen LogP contribution in [0.2, 0.25) is 0 Å². The van der Waals surface area contributed by atoms with E-state index in [0.29, 0.717) is 6.42 Å². The van der Waals surface area contributed by atoms with Crippen molar-refractivity contribution in [2.24, 2.45) is 0 Å². The molecule has 0 bridgehead atoms. The van der Waals surface area contributed by atoms with Gasteiger partial charge in [-0.3, -0.25) is 0 Å². The Kier molecular flexibility index (Phi) is 2.92. The Hall–Kier alpha value is -1.48. The van der Waals surface area contributed by atoms with E-state index in [4.69, 9.17) is 9.47 Å². The Morgan fingerprint density at radius 1 is 1.13 bits per heavy atom. The molecule has 0 spiro atoms. The summed E-state index contributed by atoms with van der Waals surface area (Å²) in [6, 6.07) is 7.42. The number of aliphatic hydroxyl groups excluding tert-OH is 1. The molecule has 3 nitrogen and oxygen atoms in total. The highest BCUT2D eigenvalue weighted by molar-refractivity contribution is 5.31. The third-order valence-electron chi connectivity index (χ3n) is 2.37. The first-order valence-corrected chi connectivity index (χ1v) is 4.95. The molecule has 15 heavy (non-hydrogen) atoms. The Bertz CT molecular complexity index is 342. The summed E-state index contributed by atoms with van der Waals surface area (Å²) >= 11 is 0. The van der Waals surface area contributed by atoms with Crippen LogP contribution in [0.5, 0.6) is 11.5 Å². The smallest absolute Gasteiger partial charge is 0.120 e.